The molecule has 2 heterocycles. The Hall–Kier alpha value is -4.92. The lowest BCUT2D eigenvalue weighted by atomic mass is 9.75. The fraction of sp³-hybridized carbons (Fsp3) is 0.136. The fourth-order valence-corrected chi connectivity index (χ4v) is 8.83. The summed E-state index contributed by atoms with van der Waals surface area (Å²) in [7, 11) is 0. The van der Waals surface area contributed by atoms with Gasteiger partial charge in [-0.1, -0.05) is 130 Å². The van der Waals surface area contributed by atoms with Crippen LogP contribution >= 0.6 is 11.3 Å². The van der Waals surface area contributed by atoms with Crippen molar-refractivity contribution in [1.29, 1.82) is 0 Å². The smallest absolute Gasteiger partial charge is 0.0594 e. The molecule has 0 saturated carbocycles. The van der Waals surface area contributed by atoms with Gasteiger partial charge in [-0.2, -0.15) is 0 Å². The summed E-state index contributed by atoms with van der Waals surface area (Å²) in [6.07, 6.45) is 16.0. The van der Waals surface area contributed by atoms with E-state index in [-0.39, 0.29) is 11.3 Å². The van der Waals surface area contributed by atoms with E-state index in [1.165, 1.54) is 75.5 Å². The summed E-state index contributed by atoms with van der Waals surface area (Å²) < 4.78 is 5.26. The third kappa shape index (κ3) is 4.21. The Bertz CT molecular complexity index is 2440. The molecule has 0 saturated heterocycles. The van der Waals surface area contributed by atoms with Crippen LogP contribution in [0.2, 0.25) is 0 Å². The standard InChI is InChI=1S/C44H35NS/c1-44(2,3)31-22-23-35-39(26-31)45(32-17-8-5-9-18-32)42-37(34-20-12-16-29-15-10-11-19-33(29)34)27-38-36-25-30(28-13-6-4-7-14-28)21-24-40(36)46-43(38)41(35)42/h4-27,33-34H,1-3H3. The van der Waals surface area contributed by atoms with Gasteiger partial charge in [-0.15, -0.1) is 11.3 Å². The number of fused-ring (bicyclic) bond motifs is 8. The van der Waals surface area contributed by atoms with E-state index in [1.807, 2.05) is 11.3 Å². The molecule has 0 N–H and O–H groups in total. The maximum Gasteiger partial charge on any atom is 0.0594 e. The predicted molar refractivity (Wildman–Crippen MR) is 200 cm³/mol. The van der Waals surface area contributed by atoms with Gasteiger partial charge in [0.2, 0.25) is 0 Å². The van der Waals surface area contributed by atoms with Crippen LogP contribution in [0.1, 0.15) is 37.8 Å². The summed E-state index contributed by atoms with van der Waals surface area (Å²) in [6.45, 7) is 6.94. The van der Waals surface area contributed by atoms with Gasteiger partial charge in [0, 0.05) is 48.5 Å². The van der Waals surface area contributed by atoms with Crippen molar-refractivity contribution in [3.63, 3.8) is 0 Å². The highest BCUT2D eigenvalue weighted by Crippen LogP contribution is 2.50. The van der Waals surface area contributed by atoms with E-state index in [0.717, 1.165) is 0 Å². The SMILES string of the molecule is CC(C)(C)c1ccc2c3c4sc5ccc(-c6ccccc6)cc5c4cc(C4C=CC=C5C=CC=CC54)c3n(-c3ccccc3)c2c1. The van der Waals surface area contributed by atoms with E-state index in [9.17, 15) is 0 Å². The third-order valence-electron chi connectivity index (χ3n) is 9.94. The molecule has 1 nitrogen and oxygen atoms in total. The molecule has 2 heteroatoms. The van der Waals surface area contributed by atoms with Gasteiger partial charge in [0.25, 0.3) is 0 Å². The Morgan fingerprint density at radius 3 is 2.24 bits per heavy atom. The topological polar surface area (TPSA) is 4.93 Å². The van der Waals surface area contributed by atoms with E-state index in [1.54, 1.807) is 0 Å². The highest BCUT2D eigenvalue weighted by atomic mass is 32.1. The second-order valence-electron chi connectivity index (χ2n) is 13.7. The zero-order valence-electron chi connectivity index (χ0n) is 26.4. The summed E-state index contributed by atoms with van der Waals surface area (Å²) in [6, 6.07) is 38.5. The monoisotopic (exact) mass is 609 g/mol. The maximum atomic E-state index is 2.56. The first-order chi connectivity index (χ1) is 22.5. The number of hydrogen-bond acceptors (Lipinski definition) is 1. The number of benzene rings is 5. The van der Waals surface area contributed by atoms with Crippen LogP contribution in [0.4, 0.5) is 0 Å². The van der Waals surface area contributed by atoms with Crippen molar-refractivity contribution >= 4 is 53.3 Å². The Balaban J connectivity index is 1.45. The van der Waals surface area contributed by atoms with Crippen LogP contribution in [-0.4, -0.2) is 4.57 Å². The molecule has 2 aliphatic rings. The molecular formula is C44H35NS. The second-order valence-corrected chi connectivity index (χ2v) is 14.8. The highest BCUT2D eigenvalue weighted by Gasteiger charge is 2.30. The van der Waals surface area contributed by atoms with Crippen molar-refractivity contribution < 1.29 is 0 Å². The lowest BCUT2D eigenvalue weighted by Gasteiger charge is -2.29. The minimum atomic E-state index is 0.0425. The van der Waals surface area contributed by atoms with Crippen LogP contribution in [0.25, 0.3) is 58.8 Å². The van der Waals surface area contributed by atoms with Crippen LogP contribution in [0.15, 0.2) is 151 Å². The molecular weight excluding hydrogens is 575 g/mol. The van der Waals surface area contributed by atoms with Gasteiger partial charge in [-0.05, 0) is 69.6 Å². The van der Waals surface area contributed by atoms with Gasteiger partial charge < -0.3 is 4.57 Å². The van der Waals surface area contributed by atoms with Crippen LogP contribution in [0.3, 0.4) is 0 Å². The molecule has 0 amide bonds. The fourth-order valence-electron chi connectivity index (χ4n) is 7.61. The predicted octanol–water partition coefficient (Wildman–Crippen LogP) is 12.4. The quantitative estimate of drug-likeness (QED) is 0.188. The van der Waals surface area contributed by atoms with Gasteiger partial charge in [0.1, 0.15) is 0 Å². The van der Waals surface area contributed by atoms with Crippen molar-refractivity contribution in [2.45, 2.75) is 32.1 Å². The van der Waals surface area contributed by atoms with Crippen LogP contribution in [0, 0.1) is 5.92 Å². The molecule has 5 aromatic carbocycles. The Morgan fingerprint density at radius 1 is 0.652 bits per heavy atom. The average molecular weight is 610 g/mol. The second kappa shape index (κ2) is 10.3. The summed E-state index contributed by atoms with van der Waals surface area (Å²) in [4.78, 5) is 0. The number of aromatic nitrogens is 1. The molecule has 2 atom stereocenters. The first-order valence-corrected chi connectivity index (χ1v) is 17.1. The molecule has 2 aromatic heterocycles. The molecule has 0 spiro atoms. The van der Waals surface area contributed by atoms with Gasteiger partial charge >= 0.3 is 0 Å². The molecule has 0 bridgehead atoms. The van der Waals surface area contributed by atoms with E-state index in [0.29, 0.717) is 5.92 Å². The zero-order chi connectivity index (χ0) is 31.0. The van der Waals surface area contributed by atoms with E-state index in [4.69, 9.17) is 0 Å². The minimum absolute atomic E-state index is 0.0425. The molecule has 46 heavy (non-hydrogen) atoms. The van der Waals surface area contributed by atoms with E-state index < -0.39 is 0 Å². The number of nitrogens with zero attached hydrogens (tertiary/aromatic N) is 1. The van der Waals surface area contributed by atoms with Gasteiger partial charge in [0.15, 0.2) is 0 Å². The van der Waals surface area contributed by atoms with Crippen molar-refractivity contribution in [1.82, 2.24) is 4.57 Å². The van der Waals surface area contributed by atoms with E-state index >= 15 is 0 Å². The zero-order valence-corrected chi connectivity index (χ0v) is 27.2. The van der Waals surface area contributed by atoms with Crippen molar-refractivity contribution in [3.05, 3.63) is 162 Å². The van der Waals surface area contributed by atoms with Gasteiger partial charge in [-0.25, -0.2) is 0 Å². The Kier molecular flexibility index (Phi) is 6.14. The number of hydrogen-bond donors (Lipinski definition) is 0. The van der Waals surface area contributed by atoms with Crippen LogP contribution in [-0.2, 0) is 5.41 Å². The summed E-state index contributed by atoms with van der Waals surface area (Å²) in [5.41, 5.74) is 10.5. The Labute approximate surface area is 274 Å². The van der Waals surface area contributed by atoms with Gasteiger partial charge in [-0.3, -0.25) is 0 Å². The number of para-hydroxylation sites is 1. The molecule has 7 aromatic rings. The third-order valence-corrected chi connectivity index (χ3v) is 11.1. The van der Waals surface area contributed by atoms with Gasteiger partial charge in [0.05, 0.1) is 11.0 Å². The lowest BCUT2D eigenvalue weighted by molar-refractivity contribution is 0.591. The first-order valence-electron chi connectivity index (χ1n) is 16.3. The maximum absolute atomic E-state index is 2.56. The summed E-state index contributed by atoms with van der Waals surface area (Å²) in [5, 5.41) is 5.38. The average Bonchev–Trinajstić information content (AvgIpc) is 3.63. The summed E-state index contributed by atoms with van der Waals surface area (Å²) in [5.74, 6) is 0.516. The first kappa shape index (κ1) is 27.4. The molecule has 0 radical (unpaired) electrons. The molecule has 0 aliphatic heterocycles. The molecule has 222 valence electrons. The van der Waals surface area contributed by atoms with Crippen molar-refractivity contribution in [2.24, 2.45) is 5.92 Å². The number of rotatable bonds is 3. The number of thiophene rings is 1. The Morgan fingerprint density at radius 2 is 1.43 bits per heavy atom. The molecule has 2 unspecified atom stereocenters. The van der Waals surface area contributed by atoms with Crippen molar-refractivity contribution in [2.75, 3.05) is 0 Å². The lowest BCUT2D eigenvalue weighted by Crippen LogP contribution is -2.16. The van der Waals surface area contributed by atoms with Crippen LogP contribution < -0.4 is 0 Å². The normalized spacial score (nSPS) is 17.8. The minimum Gasteiger partial charge on any atom is -0.309 e. The molecule has 9 rings (SSSR count). The highest BCUT2D eigenvalue weighted by molar-refractivity contribution is 7.26. The molecule has 0 fully saturated rings. The molecule has 2 aliphatic carbocycles. The van der Waals surface area contributed by atoms with E-state index in [2.05, 4.69) is 171 Å². The van der Waals surface area contributed by atoms with Crippen molar-refractivity contribution in [3.8, 4) is 16.8 Å². The largest absolute Gasteiger partial charge is 0.309 e. The number of allylic oxidation sites excluding steroid dienone is 8. The summed E-state index contributed by atoms with van der Waals surface area (Å²) >= 11 is 1.94. The van der Waals surface area contributed by atoms with Crippen LogP contribution in [0.5, 0.6) is 0 Å².